The van der Waals surface area contributed by atoms with E-state index in [-0.39, 0.29) is 6.03 Å². The Labute approximate surface area is 105 Å². The number of likely N-dealkylation sites (tertiary alicyclic amines) is 2. The predicted molar refractivity (Wildman–Crippen MR) is 70.0 cm³/mol. The summed E-state index contributed by atoms with van der Waals surface area (Å²) in [7, 11) is 0. The molecule has 0 saturated carbocycles. The quantitative estimate of drug-likeness (QED) is 0.636. The van der Waals surface area contributed by atoms with Crippen molar-refractivity contribution >= 4 is 6.03 Å². The number of amides is 2. The molecule has 2 heterocycles. The van der Waals surface area contributed by atoms with Gasteiger partial charge in [-0.15, -0.1) is 0 Å². The minimum atomic E-state index is 0.289. The molecule has 2 aliphatic heterocycles. The SMILES string of the molecule is CC1CCN(C(=O)N2[C@H](C)CCC[C@@H]2C)CC1. The van der Waals surface area contributed by atoms with Gasteiger partial charge in [-0.05, 0) is 51.9 Å². The Hall–Kier alpha value is -0.730. The van der Waals surface area contributed by atoms with Crippen LogP contribution in [-0.2, 0) is 0 Å². The highest BCUT2D eigenvalue weighted by Gasteiger charge is 2.32. The van der Waals surface area contributed by atoms with E-state index in [9.17, 15) is 4.79 Å². The largest absolute Gasteiger partial charge is 0.325 e. The van der Waals surface area contributed by atoms with Crippen molar-refractivity contribution in [2.75, 3.05) is 13.1 Å². The molecular weight excluding hydrogens is 212 g/mol. The third-order valence-electron chi connectivity index (χ3n) is 4.47. The van der Waals surface area contributed by atoms with Crippen LogP contribution >= 0.6 is 0 Å². The zero-order valence-corrected chi connectivity index (χ0v) is 11.5. The average molecular weight is 238 g/mol. The van der Waals surface area contributed by atoms with Crippen molar-refractivity contribution in [2.45, 2.75) is 65.0 Å². The van der Waals surface area contributed by atoms with E-state index in [1.54, 1.807) is 0 Å². The van der Waals surface area contributed by atoms with Crippen LogP contribution in [0.5, 0.6) is 0 Å². The molecule has 3 heteroatoms. The summed E-state index contributed by atoms with van der Waals surface area (Å²) in [5.41, 5.74) is 0. The summed E-state index contributed by atoms with van der Waals surface area (Å²) < 4.78 is 0. The first-order valence-electron chi connectivity index (χ1n) is 7.17. The molecule has 0 aromatic heterocycles. The molecule has 0 spiro atoms. The van der Waals surface area contributed by atoms with E-state index in [1.807, 2.05) is 0 Å². The Kier molecular flexibility index (Phi) is 3.95. The van der Waals surface area contributed by atoms with Crippen molar-refractivity contribution in [1.82, 2.24) is 9.80 Å². The molecule has 3 nitrogen and oxygen atoms in total. The molecule has 2 amide bonds. The van der Waals surface area contributed by atoms with Gasteiger partial charge in [0, 0.05) is 25.2 Å². The van der Waals surface area contributed by atoms with Crippen LogP contribution in [-0.4, -0.2) is 41.0 Å². The predicted octanol–water partition coefficient (Wildman–Crippen LogP) is 3.10. The van der Waals surface area contributed by atoms with Gasteiger partial charge in [0.25, 0.3) is 0 Å². The molecule has 0 radical (unpaired) electrons. The third kappa shape index (κ3) is 2.75. The molecule has 0 aromatic rings. The van der Waals surface area contributed by atoms with Crippen LogP contribution in [0.1, 0.15) is 52.9 Å². The highest BCUT2D eigenvalue weighted by Crippen LogP contribution is 2.25. The van der Waals surface area contributed by atoms with Crippen LogP contribution in [0.15, 0.2) is 0 Å². The summed E-state index contributed by atoms with van der Waals surface area (Å²) in [6.45, 7) is 8.58. The number of piperidine rings is 2. The average Bonchev–Trinajstić information content (AvgIpc) is 2.29. The van der Waals surface area contributed by atoms with Gasteiger partial charge in [-0.3, -0.25) is 0 Å². The molecule has 98 valence electrons. The molecule has 2 fully saturated rings. The summed E-state index contributed by atoms with van der Waals surface area (Å²) >= 11 is 0. The lowest BCUT2D eigenvalue weighted by molar-refractivity contribution is 0.0826. The van der Waals surface area contributed by atoms with Crippen LogP contribution in [0, 0.1) is 5.92 Å². The molecule has 0 bridgehead atoms. The fourth-order valence-electron chi connectivity index (χ4n) is 3.16. The fourth-order valence-corrected chi connectivity index (χ4v) is 3.16. The van der Waals surface area contributed by atoms with Crippen LogP contribution in [0.25, 0.3) is 0 Å². The van der Waals surface area contributed by atoms with Crippen LogP contribution < -0.4 is 0 Å². The molecule has 2 rings (SSSR count). The normalized spacial score (nSPS) is 31.7. The van der Waals surface area contributed by atoms with Crippen molar-refractivity contribution in [2.24, 2.45) is 5.92 Å². The minimum Gasteiger partial charge on any atom is -0.325 e. The van der Waals surface area contributed by atoms with Gasteiger partial charge in [-0.2, -0.15) is 0 Å². The summed E-state index contributed by atoms with van der Waals surface area (Å²) in [6, 6.07) is 1.13. The maximum atomic E-state index is 12.5. The molecule has 0 aromatic carbocycles. The van der Waals surface area contributed by atoms with E-state index >= 15 is 0 Å². The Morgan fingerprint density at radius 1 is 0.941 bits per heavy atom. The van der Waals surface area contributed by atoms with Crippen LogP contribution in [0.3, 0.4) is 0 Å². The second kappa shape index (κ2) is 5.28. The molecule has 0 aliphatic carbocycles. The van der Waals surface area contributed by atoms with Crippen molar-refractivity contribution in [1.29, 1.82) is 0 Å². The molecule has 2 aliphatic rings. The van der Waals surface area contributed by atoms with E-state index in [4.69, 9.17) is 0 Å². The smallest absolute Gasteiger partial charge is 0.320 e. The van der Waals surface area contributed by atoms with Gasteiger partial charge in [0.1, 0.15) is 0 Å². The van der Waals surface area contributed by atoms with Crippen LogP contribution in [0.4, 0.5) is 4.79 Å². The van der Waals surface area contributed by atoms with Crippen molar-refractivity contribution in [3.8, 4) is 0 Å². The van der Waals surface area contributed by atoms with Gasteiger partial charge in [-0.1, -0.05) is 6.92 Å². The third-order valence-corrected chi connectivity index (χ3v) is 4.47. The lowest BCUT2D eigenvalue weighted by Crippen LogP contribution is -2.54. The molecule has 2 atom stereocenters. The lowest BCUT2D eigenvalue weighted by Gasteiger charge is -2.43. The summed E-state index contributed by atoms with van der Waals surface area (Å²) in [5.74, 6) is 0.787. The zero-order valence-electron chi connectivity index (χ0n) is 11.5. The standard InChI is InChI=1S/C14H26N2O/c1-11-7-9-15(10-8-11)14(17)16-12(2)5-4-6-13(16)3/h11-13H,4-10H2,1-3H3/t12-,13+. The number of hydrogen-bond acceptors (Lipinski definition) is 1. The molecule has 2 saturated heterocycles. The minimum absolute atomic E-state index is 0.289. The van der Waals surface area contributed by atoms with Gasteiger partial charge in [0.05, 0.1) is 0 Å². The van der Waals surface area contributed by atoms with E-state index in [0.717, 1.165) is 19.0 Å². The van der Waals surface area contributed by atoms with Gasteiger partial charge < -0.3 is 9.80 Å². The first kappa shape index (κ1) is 12.7. The number of carbonyl (C=O) groups excluding carboxylic acids is 1. The van der Waals surface area contributed by atoms with E-state index in [1.165, 1.54) is 32.1 Å². The van der Waals surface area contributed by atoms with E-state index in [0.29, 0.717) is 12.1 Å². The first-order chi connectivity index (χ1) is 8.09. The monoisotopic (exact) mass is 238 g/mol. The second-order valence-electron chi connectivity index (χ2n) is 5.99. The Balaban J connectivity index is 1.98. The van der Waals surface area contributed by atoms with Gasteiger partial charge in [-0.25, -0.2) is 4.79 Å². The Morgan fingerprint density at radius 2 is 1.47 bits per heavy atom. The van der Waals surface area contributed by atoms with Gasteiger partial charge in [0.2, 0.25) is 0 Å². The van der Waals surface area contributed by atoms with E-state index < -0.39 is 0 Å². The first-order valence-corrected chi connectivity index (χ1v) is 7.17. The highest BCUT2D eigenvalue weighted by atomic mass is 16.2. The lowest BCUT2D eigenvalue weighted by atomic mass is 9.97. The Bertz CT molecular complexity index is 261. The maximum absolute atomic E-state index is 12.5. The zero-order chi connectivity index (χ0) is 12.4. The Morgan fingerprint density at radius 3 is 2.00 bits per heavy atom. The fraction of sp³-hybridized carbons (Fsp3) is 0.929. The molecule has 0 N–H and O–H groups in total. The van der Waals surface area contributed by atoms with Crippen molar-refractivity contribution < 1.29 is 4.79 Å². The maximum Gasteiger partial charge on any atom is 0.320 e. The van der Waals surface area contributed by atoms with Crippen molar-refractivity contribution in [3.05, 3.63) is 0 Å². The number of nitrogens with zero attached hydrogens (tertiary/aromatic N) is 2. The summed E-state index contributed by atoms with van der Waals surface area (Å²) in [5, 5.41) is 0. The number of hydrogen-bond donors (Lipinski definition) is 0. The highest BCUT2D eigenvalue weighted by molar-refractivity contribution is 5.75. The number of carbonyl (C=O) groups is 1. The summed E-state index contributed by atoms with van der Waals surface area (Å²) in [4.78, 5) is 16.7. The topological polar surface area (TPSA) is 23.6 Å². The molecule has 17 heavy (non-hydrogen) atoms. The van der Waals surface area contributed by atoms with Crippen molar-refractivity contribution in [3.63, 3.8) is 0 Å². The molecular formula is C14H26N2O. The van der Waals surface area contributed by atoms with E-state index in [2.05, 4.69) is 30.6 Å². The molecule has 0 unspecified atom stereocenters. The van der Waals surface area contributed by atoms with Gasteiger partial charge >= 0.3 is 6.03 Å². The number of urea groups is 1. The van der Waals surface area contributed by atoms with Crippen LogP contribution in [0.2, 0.25) is 0 Å². The van der Waals surface area contributed by atoms with Gasteiger partial charge in [0.15, 0.2) is 0 Å². The number of rotatable bonds is 0. The second-order valence-corrected chi connectivity index (χ2v) is 5.99. The summed E-state index contributed by atoms with van der Waals surface area (Å²) in [6.07, 6.45) is 5.94.